The van der Waals surface area contributed by atoms with E-state index < -0.39 is 11.9 Å². The summed E-state index contributed by atoms with van der Waals surface area (Å²) in [5, 5.41) is 11.9. The van der Waals surface area contributed by atoms with Crippen LogP contribution in [0.3, 0.4) is 0 Å². The van der Waals surface area contributed by atoms with E-state index in [0.717, 1.165) is 6.42 Å². The molecule has 0 aliphatic heterocycles. The lowest BCUT2D eigenvalue weighted by Gasteiger charge is -2.23. The molecule has 0 bridgehead atoms. The van der Waals surface area contributed by atoms with Gasteiger partial charge in [-0.1, -0.05) is 41.5 Å². The van der Waals surface area contributed by atoms with Gasteiger partial charge >= 0.3 is 5.97 Å². The molecule has 1 amide bonds. The summed E-state index contributed by atoms with van der Waals surface area (Å²) < 4.78 is 0. The molecule has 0 fully saturated rings. The van der Waals surface area contributed by atoms with E-state index in [2.05, 4.69) is 33.0 Å². The number of hydrogen-bond acceptors (Lipinski definition) is 2. The molecule has 0 spiro atoms. The summed E-state index contributed by atoms with van der Waals surface area (Å²) in [6.07, 6.45) is 2.03. The van der Waals surface area contributed by atoms with Gasteiger partial charge in [0, 0.05) is 13.0 Å². The third-order valence-electron chi connectivity index (χ3n) is 3.15. The highest BCUT2D eigenvalue weighted by Crippen LogP contribution is 2.25. The van der Waals surface area contributed by atoms with Gasteiger partial charge in [-0.05, 0) is 30.1 Å². The van der Waals surface area contributed by atoms with Crippen LogP contribution in [0.2, 0.25) is 0 Å². The molecule has 0 aromatic rings. The summed E-state index contributed by atoms with van der Waals surface area (Å²) in [5.74, 6) is -0.744. The second kappa shape index (κ2) is 8.28. The highest BCUT2D eigenvalue weighted by molar-refractivity contribution is 5.77. The third kappa shape index (κ3) is 9.82. The molecule has 2 unspecified atom stereocenters. The van der Waals surface area contributed by atoms with E-state index in [0.29, 0.717) is 24.7 Å². The zero-order valence-electron chi connectivity index (χ0n) is 13.8. The van der Waals surface area contributed by atoms with Crippen LogP contribution in [-0.4, -0.2) is 23.5 Å². The first kappa shape index (κ1) is 18.9. The van der Waals surface area contributed by atoms with Crippen molar-refractivity contribution in [2.45, 2.75) is 60.8 Å². The van der Waals surface area contributed by atoms with Crippen molar-refractivity contribution in [1.29, 1.82) is 0 Å². The lowest BCUT2D eigenvalue weighted by molar-refractivity contribution is -0.142. The minimum Gasteiger partial charge on any atom is -0.481 e. The van der Waals surface area contributed by atoms with Gasteiger partial charge in [-0.3, -0.25) is 9.59 Å². The summed E-state index contributed by atoms with van der Waals surface area (Å²) in [6, 6.07) is 0. The molecule has 0 rings (SSSR count). The Hall–Kier alpha value is -1.06. The zero-order valence-corrected chi connectivity index (χ0v) is 13.8. The molecule has 0 heterocycles. The molecular weight excluding hydrogens is 254 g/mol. The Kier molecular flexibility index (Phi) is 7.84. The number of carbonyl (C=O) groups is 2. The Morgan fingerprint density at radius 2 is 1.70 bits per heavy atom. The number of carboxylic acid groups (broad SMARTS) is 1. The van der Waals surface area contributed by atoms with Crippen molar-refractivity contribution in [3.63, 3.8) is 0 Å². The number of aliphatic carboxylic acids is 1. The van der Waals surface area contributed by atoms with Gasteiger partial charge in [-0.15, -0.1) is 0 Å². The maximum absolute atomic E-state index is 11.8. The van der Waals surface area contributed by atoms with Crippen LogP contribution in [0.15, 0.2) is 0 Å². The van der Waals surface area contributed by atoms with Crippen molar-refractivity contribution in [1.82, 2.24) is 5.32 Å². The van der Waals surface area contributed by atoms with E-state index in [4.69, 9.17) is 5.11 Å². The number of rotatable bonds is 8. The van der Waals surface area contributed by atoms with Crippen molar-refractivity contribution in [2.75, 3.05) is 6.54 Å². The first-order valence-electron chi connectivity index (χ1n) is 7.50. The maximum atomic E-state index is 11.8. The topological polar surface area (TPSA) is 66.4 Å². The number of carbonyl (C=O) groups excluding carboxylic acids is 1. The first-order valence-corrected chi connectivity index (χ1v) is 7.50. The van der Waals surface area contributed by atoms with E-state index in [1.165, 1.54) is 0 Å². The Labute approximate surface area is 123 Å². The molecule has 4 nitrogen and oxygen atoms in total. The molecule has 118 valence electrons. The molecule has 4 heteroatoms. The molecule has 0 saturated carbocycles. The van der Waals surface area contributed by atoms with Gasteiger partial charge in [0.2, 0.25) is 5.91 Å². The maximum Gasteiger partial charge on any atom is 0.308 e. The van der Waals surface area contributed by atoms with Crippen LogP contribution in [0.25, 0.3) is 0 Å². The van der Waals surface area contributed by atoms with E-state index in [1.807, 2.05) is 13.8 Å². The van der Waals surface area contributed by atoms with E-state index in [-0.39, 0.29) is 17.9 Å². The quantitative estimate of drug-likeness (QED) is 0.719. The molecular formula is C16H31NO3. The molecule has 2 atom stereocenters. The molecule has 0 aliphatic rings. The fourth-order valence-electron chi connectivity index (χ4n) is 2.58. The summed E-state index contributed by atoms with van der Waals surface area (Å²) in [6.45, 7) is 12.7. The molecule has 20 heavy (non-hydrogen) atoms. The number of nitrogens with one attached hydrogen (secondary N) is 1. The van der Waals surface area contributed by atoms with Crippen LogP contribution in [0.4, 0.5) is 0 Å². The zero-order chi connectivity index (χ0) is 15.9. The molecule has 2 N–H and O–H groups in total. The Balaban J connectivity index is 4.16. The van der Waals surface area contributed by atoms with E-state index >= 15 is 0 Å². The predicted molar refractivity (Wildman–Crippen MR) is 81.4 cm³/mol. The molecule has 0 aromatic heterocycles. The van der Waals surface area contributed by atoms with Gasteiger partial charge in [0.25, 0.3) is 0 Å². The average molecular weight is 285 g/mol. The van der Waals surface area contributed by atoms with Crippen molar-refractivity contribution in [2.24, 2.45) is 23.2 Å². The van der Waals surface area contributed by atoms with E-state index in [9.17, 15) is 9.59 Å². The van der Waals surface area contributed by atoms with E-state index in [1.54, 1.807) is 0 Å². The van der Waals surface area contributed by atoms with Crippen LogP contribution >= 0.6 is 0 Å². The standard InChI is InChI=1S/C16H31NO3/c1-11(2)7-13(15(19)20)10-17-14(18)8-12(3)9-16(4,5)6/h11-13H,7-10H2,1-6H3,(H,17,18)(H,19,20). The van der Waals surface area contributed by atoms with Gasteiger partial charge in [-0.2, -0.15) is 0 Å². The molecule has 0 aliphatic carbocycles. The first-order chi connectivity index (χ1) is 9.01. The summed E-state index contributed by atoms with van der Waals surface area (Å²) in [7, 11) is 0. The fourth-order valence-corrected chi connectivity index (χ4v) is 2.58. The van der Waals surface area contributed by atoms with Gasteiger partial charge in [0.15, 0.2) is 0 Å². The largest absolute Gasteiger partial charge is 0.481 e. The summed E-state index contributed by atoms with van der Waals surface area (Å²) in [4.78, 5) is 23.0. The van der Waals surface area contributed by atoms with Crippen molar-refractivity contribution >= 4 is 11.9 Å². The second-order valence-corrected chi connectivity index (χ2v) is 7.54. The monoisotopic (exact) mass is 285 g/mol. The Morgan fingerprint density at radius 3 is 2.10 bits per heavy atom. The second-order valence-electron chi connectivity index (χ2n) is 7.54. The fraction of sp³-hybridized carbons (Fsp3) is 0.875. The molecule has 0 radical (unpaired) electrons. The molecule has 0 saturated heterocycles. The average Bonchev–Trinajstić information content (AvgIpc) is 2.20. The van der Waals surface area contributed by atoms with Gasteiger partial charge in [0.1, 0.15) is 0 Å². The highest BCUT2D eigenvalue weighted by atomic mass is 16.4. The van der Waals surface area contributed by atoms with Crippen molar-refractivity contribution < 1.29 is 14.7 Å². The lowest BCUT2D eigenvalue weighted by atomic mass is 9.84. The minimum absolute atomic E-state index is 0.0447. The smallest absolute Gasteiger partial charge is 0.308 e. The SMILES string of the molecule is CC(C)CC(CNC(=O)CC(C)CC(C)(C)C)C(=O)O. The van der Waals surface area contributed by atoms with Gasteiger partial charge in [-0.25, -0.2) is 0 Å². The van der Waals surface area contributed by atoms with Crippen LogP contribution in [0.5, 0.6) is 0 Å². The number of hydrogen-bond donors (Lipinski definition) is 2. The Morgan fingerprint density at radius 1 is 1.15 bits per heavy atom. The Bertz CT molecular complexity index is 318. The van der Waals surface area contributed by atoms with Crippen LogP contribution in [-0.2, 0) is 9.59 Å². The minimum atomic E-state index is -0.832. The van der Waals surface area contributed by atoms with Gasteiger partial charge < -0.3 is 10.4 Å². The van der Waals surface area contributed by atoms with Crippen molar-refractivity contribution in [3.05, 3.63) is 0 Å². The predicted octanol–water partition coefficient (Wildman–Crippen LogP) is 3.31. The lowest BCUT2D eigenvalue weighted by Crippen LogP contribution is -2.34. The number of amides is 1. The van der Waals surface area contributed by atoms with Gasteiger partial charge in [0.05, 0.1) is 5.92 Å². The van der Waals surface area contributed by atoms with Crippen LogP contribution in [0.1, 0.15) is 60.8 Å². The summed E-state index contributed by atoms with van der Waals surface area (Å²) in [5.41, 5.74) is 0.209. The molecule has 0 aromatic carbocycles. The normalized spacial score (nSPS) is 14.9. The number of carboxylic acids is 1. The van der Waals surface area contributed by atoms with Crippen LogP contribution < -0.4 is 5.32 Å². The summed E-state index contributed by atoms with van der Waals surface area (Å²) >= 11 is 0. The van der Waals surface area contributed by atoms with Crippen LogP contribution in [0, 0.1) is 23.2 Å². The third-order valence-corrected chi connectivity index (χ3v) is 3.15. The highest BCUT2D eigenvalue weighted by Gasteiger charge is 2.21. The van der Waals surface area contributed by atoms with Crippen molar-refractivity contribution in [3.8, 4) is 0 Å².